The van der Waals surface area contributed by atoms with Gasteiger partial charge in [0.2, 0.25) is 5.62 Å². The number of para-hydroxylation sites is 2. The van der Waals surface area contributed by atoms with Crippen LogP contribution in [-0.4, -0.2) is 27.8 Å². The van der Waals surface area contributed by atoms with Gasteiger partial charge in [-0.2, -0.15) is 0 Å². The SMILES string of the molecule is COCC(Cc1ccc(C)cc1)n1c(=N)n(Cc2nc3cc(Cl)ccc3s2)c2ccccc21. The van der Waals surface area contributed by atoms with E-state index in [0.717, 1.165) is 32.7 Å². The summed E-state index contributed by atoms with van der Waals surface area (Å²) < 4.78 is 10.8. The molecule has 0 aliphatic carbocycles. The highest BCUT2D eigenvalue weighted by molar-refractivity contribution is 7.18. The number of benzene rings is 3. The average molecular weight is 477 g/mol. The molecule has 5 rings (SSSR count). The van der Waals surface area contributed by atoms with E-state index in [1.165, 1.54) is 11.1 Å². The number of ether oxygens (including phenoxy) is 1. The number of aryl methyl sites for hydroxylation is 1. The molecule has 0 fully saturated rings. The van der Waals surface area contributed by atoms with Gasteiger partial charge < -0.3 is 13.9 Å². The standard InChI is InChI=1S/C26H25ClN4OS/c1-17-7-9-18(10-8-17)13-20(16-32-2)31-23-6-4-3-5-22(23)30(26(31)28)15-25-29-21-14-19(27)11-12-24(21)33-25/h3-12,14,20,28H,13,15-16H2,1-2H3. The van der Waals surface area contributed by atoms with Crippen LogP contribution in [0.4, 0.5) is 0 Å². The number of nitrogens with zero attached hydrogens (tertiary/aromatic N) is 3. The predicted octanol–water partition coefficient (Wildman–Crippen LogP) is 5.97. The number of hydrogen-bond donors (Lipinski definition) is 1. The predicted molar refractivity (Wildman–Crippen MR) is 135 cm³/mol. The lowest BCUT2D eigenvalue weighted by atomic mass is 10.0. The third kappa shape index (κ3) is 4.34. The molecular formula is C26H25ClN4OS. The highest BCUT2D eigenvalue weighted by Crippen LogP contribution is 2.27. The van der Waals surface area contributed by atoms with Gasteiger partial charge in [-0.15, -0.1) is 11.3 Å². The highest BCUT2D eigenvalue weighted by atomic mass is 35.5. The van der Waals surface area contributed by atoms with Crippen molar-refractivity contribution < 1.29 is 4.74 Å². The van der Waals surface area contributed by atoms with Gasteiger partial charge in [0.15, 0.2) is 0 Å². The van der Waals surface area contributed by atoms with E-state index in [1.54, 1.807) is 18.4 Å². The zero-order chi connectivity index (χ0) is 22.9. The molecule has 0 aliphatic rings. The third-order valence-electron chi connectivity index (χ3n) is 5.92. The molecule has 1 N–H and O–H groups in total. The molecule has 0 amide bonds. The van der Waals surface area contributed by atoms with Crippen molar-refractivity contribution in [3.05, 3.63) is 93.5 Å². The van der Waals surface area contributed by atoms with E-state index in [2.05, 4.69) is 47.9 Å². The van der Waals surface area contributed by atoms with Crippen molar-refractivity contribution in [2.75, 3.05) is 13.7 Å². The number of thiazole rings is 1. The summed E-state index contributed by atoms with van der Waals surface area (Å²) in [4.78, 5) is 4.78. The fraction of sp³-hybridized carbons (Fsp3) is 0.231. The van der Waals surface area contributed by atoms with Gasteiger partial charge in [0, 0.05) is 12.1 Å². The van der Waals surface area contributed by atoms with Crippen LogP contribution in [0.15, 0.2) is 66.7 Å². The maximum Gasteiger partial charge on any atom is 0.203 e. The lowest BCUT2D eigenvalue weighted by Gasteiger charge is -2.19. The number of hydrogen-bond acceptors (Lipinski definition) is 4. The fourth-order valence-corrected chi connectivity index (χ4v) is 5.45. The minimum atomic E-state index is 0.00512. The maximum absolute atomic E-state index is 9.13. The van der Waals surface area contributed by atoms with Crippen molar-refractivity contribution in [2.45, 2.75) is 25.9 Å². The van der Waals surface area contributed by atoms with Crippen LogP contribution in [0.3, 0.4) is 0 Å². The maximum atomic E-state index is 9.13. The first-order chi connectivity index (χ1) is 16.0. The van der Waals surface area contributed by atoms with E-state index in [1.807, 2.05) is 34.9 Å². The third-order valence-corrected chi connectivity index (χ3v) is 7.18. The van der Waals surface area contributed by atoms with Crippen LogP contribution in [0.1, 0.15) is 22.2 Å². The molecular weight excluding hydrogens is 452 g/mol. The molecule has 5 nitrogen and oxygen atoms in total. The second kappa shape index (κ2) is 9.14. The van der Waals surface area contributed by atoms with Crippen molar-refractivity contribution in [3.63, 3.8) is 0 Å². The Bertz CT molecular complexity index is 1480. The van der Waals surface area contributed by atoms with Crippen LogP contribution in [0.25, 0.3) is 21.3 Å². The topological polar surface area (TPSA) is 55.8 Å². The molecule has 0 bridgehead atoms. The Labute approximate surface area is 201 Å². The molecule has 0 spiro atoms. The van der Waals surface area contributed by atoms with Gasteiger partial charge in [-0.25, -0.2) is 4.98 Å². The first kappa shape index (κ1) is 21.9. The molecule has 168 valence electrons. The van der Waals surface area contributed by atoms with Crippen molar-refractivity contribution >= 4 is 44.2 Å². The summed E-state index contributed by atoms with van der Waals surface area (Å²) in [5, 5.41) is 10.8. The van der Waals surface area contributed by atoms with Crippen LogP contribution in [-0.2, 0) is 17.7 Å². The number of nitrogens with one attached hydrogen (secondary N) is 1. The molecule has 0 saturated heterocycles. The van der Waals surface area contributed by atoms with Gasteiger partial charge in [-0.05, 0) is 49.2 Å². The number of halogens is 1. The van der Waals surface area contributed by atoms with E-state index in [0.29, 0.717) is 23.8 Å². The van der Waals surface area contributed by atoms with Crippen LogP contribution in [0, 0.1) is 12.3 Å². The first-order valence-electron chi connectivity index (χ1n) is 10.9. The number of methoxy groups -OCH3 is 1. The summed E-state index contributed by atoms with van der Waals surface area (Å²) in [7, 11) is 1.72. The Morgan fingerprint density at radius 3 is 2.58 bits per heavy atom. The van der Waals surface area contributed by atoms with Gasteiger partial charge in [0.1, 0.15) is 5.01 Å². The number of aromatic nitrogens is 3. The Kier molecular flexibility index (Phi) is 6.06. The van der Waals surface area contributed by atoms with E-state index in [9.17, 15) is 0 Å². The Hall–Kier alpha value is -2.93. The molecule has 2 heterocycles. The van der Waals surface area contributed by atoms with Gasteiger partial charge in [-0.1, -0.05) is 53.6 Å². The smallest absolute Gasteiger partial charge is 0.203 e. The van der Waals surface area contributed by atoms with E-state index in [-0.39, 0.29) is 6.04 Å². The normalized spacial score (nSPS) is 12.6. The molecule has 3 aromatic carbocycles. The lowest BCUT2D eigenvalue weighted by Crippen LogP contribution is -2.31. The Morgan fingerprint density at radius 2 is 1.82 bits per heavy atom. The number of rotatable bonds is 7. The molecule has 0 saturated carbocycles. The molecule has 0 radical (unpaired) electrons. The van der Waals surface area contributed by atoms with Gasteiger partial charge >= 0.3 is 0 Å². The van der Waals surface area contributed by atoms with Crippen LogP contribution < -0.4 is 5.62 Å². The summed E-state index contributed by atoms with van der Waals surface area (Å²) in [6, 6.07) is 22.6. The molecule has 33 heavy (non-hydrogen) atoms. The Balaban J connectivity index is 1.58. The lowest BCUT2D eigenvalue weighted by molar-refractivity contribution is 0.154. The van der Waals surface area contributed by atoms with Crippen molar-refractivity contribution in [1.29, 1.82) is 5.41 Å². The van der Waals surface area contributed by atoms with E-state index in [4.69, 9.17) is 26.7 Å². The first-order valence-corrected chi connectivity index (χ1v) is 12.1. The molecule has 5 aromatic rings. The average Bonchev–Trinajstić information content (AvgIpc) is 3.33. The number of fused-ring (bicyclic) bond motifs is 2. The van der Waals surface area contributed by atoms with E-state index >= 15 is 0 Å². The molecule has 1 atom stereocenters. The largest absolute Gasteiger partial charge is 0.383 e. The molecule has 2 aromatic heterocycles. The summed E-state index contributed by atoms with van der Waals surface area (Å²) in [5.74, 6) is 0. The highest BCUT2D eigenvalue weighted by Gasteiger charge is 2.20. The van der Waals surface area contributed by atoms with Crippen molar-refractivity contribution in [2.24, 2.45) is 0 Å². The minimum Gasteiger partial charge on any atom is -0.383 e. The minimum absolute atomic E-state index is 0.00512. The zero-order valence-electron chi connectivity index (χ0n) is 18.6. The Morgan fingerprint density at radius 1 is 1.06 bits per heavy atom. The van der Waals surface area contributed by atoms with Crippen molar-refractivity contribution in [3.8, 4) is 0 Å². The summed E-state index contributed by atoms with van der Waals surface area (Å²) in [5.41, 5.74) is 5.86. The monoisotopic (exact) mass is 476 g/mol. The van der Waals surface area contributed by atoms with Gasteiger partial charge in [-0.3, -0.25) is 5.41 Å². The summed E-state index contributed by atoms with van der Waals surface area (Å²) >= 11 is 7.79. The summed E-state index contributed by atoms with van der Waals surface area (Å²) in [6.07, 6.45) is 0.790. The molecule has 7 heteroatoms. The van der Waals surface area contributed by atoms with Gasteiger partial charge in [0.05, 0.1) is 40.4 Å². The second-order valence-electron chi connectivity index (χ2n) is 8.29. The summed E-state index contributed by atoms with van der Waals surface area (Å²) in [6.45, 7) is 3.16. The quantitative estimate of drug-likeness (QED) is 0.314. The van der Waals surface area contributed by atoms with Gasteiger partial charge in [0.25, 0.3) is 0 Å². The van der Waals surface area contributed by atoms with E-state index < -0.39 is 0 Å². The second-order valence-corrected chi connectivity index (χ2v) is 9.84. The zero-order valence-corrected chi connectivity index (χ0v) is 20.2. The molecule has 0 aliphatic heterocycles. The van der Waals surface area contributed by atoms with Crippen molar-refractivity contribution in [1.82, 2.24) is 14.1 Å². The number of imidazole rings is 1. The van der Waals surface area contributed by atoms with Crippen LogP contribution in [0.5, 0.6) is 0 Å². The van der Waals surface area contributed by atoms with Crippen LogP contribution >= 0.6 is 22.9 Å². The fourth-order valence-electron chi connectivity index (χ4n) is 4.35. The molecule has 1 unspecified atom stereocenters. The van der Waals surface area contributed by atoms with Crippen LogP contribution in [0.2, 0.25) is 5.02 Å².